The summed E-state index contributed by atoms with van der Waals surface area (Å²) in [5, 5.41) is 0. The van der Waals surface area contributed by atoms with Crippen LogP contribution in [0.4, 0.5) is 0 Å². The van der Waals surface area contributed by atoms with Crippen molar-refractivity contribution in [2.45, 2.75) is 26.8 Å². The van der Waals surface area contributed by atoms with Crippen molar-refractivity contribution in [3.8, 4) is 0 Å². The van der Waals surface area contributed by atoms with Gasteiger partial charge in [-0.2, -0.15) is 0 Å². The van der Waals surface area contributed by atoms with Crippen LogP contribution in [0.5, 0.6) is 0 Å². The van der Waals surface area contributed by atoms with E-state index in [1.807, 2.05) is 6.92 Å². The lowest BCUT2D eigenvalue weighted by atomic mass is 10.6. The van der Waals surface area contributed by atoms with E-state index in [0.717, 1.165) is 6.42 Å². The fourth-order valence-electron chi connectivity index (χ4n) is 0. The molecule has 7 heteroatoms. The monoisotopic (exact) mass is 312 g/mol. The predicted molar refractivity (Wildman–Crippen MR) is 61.6 cm³/mol. The van der Waals surface area contributed by atoms with Crippen LogP contribution in [0, 0.1) is 0 Å². The number of hydrogen-bond donors (Lipinski definition) is 0. The first-order chi connectivity index (χ1) is 5.21. The molecule has 76 valence electrons. The van der Waals surface area contributed by atoms with Crippen LogP contribution < -0.4 is 0 Å². The van der Waals surface area contributed by atoms with Crippen LogP contribution in [0.2, 0.25) is 0 Å². The molecule has 0 unspecified atom stereocenters. The van der Waals surface area contributed by atoms with Crippen LogP contribution in [0.25, 0.3) is 0 Å². The maximum atomic E-state index is 5.23. The summed E-state index contributed by atoms with van der Waals surface area (Å²) in [5.74, 6) is 0. The average Bonchev–Trinajstić information content (AvgIpc) is 1.87. The van der Waals surface area contributed by atoms with Crippen molar-refractivity contribution >= 4 is 81.2 Å². The minimum absolute atomic E-state index is 0.171. The van der Waals surface area contributed by atoms with Gasteiger partial charge in [-0.1, -0.05) is 41.7 Å². The Labute approximate surface area is 107 Å². The Kier molecular flexibility index (Phi) is 11.4. The quantitative estimate of drug-likeness (QED) is 0.571. The Hall–Kier alpha value is 2.03. The van der Waals surface area contributed by atoms with Crippen molar-refractivity contribution in [2.75, 3.05) is 0 Å². The second kappa shape index (κ2) is 8.35. The molecule has 0 N–H and O–H groups in total. The fourth-order valence-corrected chi connectivity index (χ4v) is 0. The van der Waals surface area contributed by atoms with Crippen molar-refractivity contribution in [2.24, 2.45) is 0 Å². The highest BCUT2D eigenvalue weighted by molar-refractivity contribution is 6.73. The third-order valence-electron chi connectivity index (χ3n) is 0.556. The van der Waals surface area contributed by atoms with Gasteiger partial charge in [0.1, 0.15) is 4.84 Å². The molecule has 0 heterocycles. The van der Waals surface area contributed by atoms with E-state index in [0.29, 0.717) is 0 Å². The molecule has 0 saturated heterocycles. The van der Waals surface area contributed by atoms with Gasteiger partial charge in [0, 0.05) is 0 Å². The van der Waals surface area contributed by atoms with E-state index in [2.05, 4.69) is 0 Å². The fraction of sp³-hybridized carbons (Fsp3) is 1.00. The zero-order valence-electron chi connectivity index (χ0n) is 6.01. The second-order valence-corrected chi connectivity index (χ2v) is 6.38. The highest BCUT2D eigenvalue weighted by Crippen LogP contribution is 2.35. The van der Waals surface area contributed by atoms with Crippen molar-refractivity contribution in [1.29, 1.82) is 0 Å². The first kappa shape index (κ1) is 16.5. The van der Waals surface area contributed by atoms with Gasteiger partial charge in [0.2, 0.25) is 3.79 Å². The molecule has 0 amide bonds. The lowest BCUT2D eigenvalue weighted by Crippen LogP contribution is -2.11. The van der Waals surface area contributed by atoms with Gasteiger partial charge in [-0.15, -0.1) is 46.4 Å². The molecule has 0 spiro atoms. The van der Waals surface area contributed by atoms with Crippen LogP contribution in [0.15, 0.2) is 0 Å². The smallest absolute Gasteiger partial charge is 0.105 e. The Morgan fingerprint density at radius 1 is 1.00 bits per heavy atom. The molecular formula is C5H7Cl7. The molecular weight excluding hydrogens is 308 g/mol. The molecule has 0 saturated carbocycles. The SMILES string of the molecule is CCC(Cl)Cl.ClC(Cl)C(Cl)(Cl)Cl. The first-order valence-electron chi connectivity index (χ1n) is 2.84. The topological polar surface area (TPSA) is 0 Å². The Morgan fingerprint density at radius 2 is 1.17 bits per heavy atom. The van der Waals surface area contributed by atoms with Crippen molar-refractivity contribution < 1.29 is 0 Å². The Balaban J connectivity index is 0. The number of hydrogen-bond acceptors (Lipinski definition) is 0. The molecule has 0 aliphatic heterocycles. The molecule has 0 aromatic heterocycles. The lowest BCUT2D eigenvalue weighted by molar-refractivity contribution is 1.04. The zero-order valence-corrected chi connectivity index (χ0v) is 11.3. The molecule has 0 aromatic carbocycles. The molecule has 12 heavy (non-hydrogen) atoms. The van der Waals surface area contributed by atoms with E-state index in [-0.39, 0.29) is 4.84 Å². The Bertz CT molecular complexity index is 94.5. The average molecular weight is 315 g/mol. The summed E-state index contributed by atoms with van der Waals surface area (Å²) >= 11 is 36.1. The second-order valence-electron chi connectivity index (χ2n) is 1.64. The predicted octanol–water partition coefficient (Wildman–Crippen LogP) is 5.36. The molecule has 0 radical (unpaired) electrons. The maximum absolute atomic E-state index is 5.23. The minimum atomic E-state index is -1.55. The lowest BCUT2D eigenvalue weighted by Gasteiger charge is -2.09. The third-order valence-corrected chi connectivity index (χ3v) is 3.15. The first-order valence-corrected chi connectivity index (χ1v) is 5.72. The van der Waals surface area contributed by atoms with E-state index in [4.69, 9.17) is 81.2 Å². The van der Waals surface area contributed by atoms with Crippen LogP contribution in [-0.2, 0) is 0 Å². The highest BCUT2D eigenvalue weighted by atomic mass is 35.6. The third kappa shape index (κ3) is 14.5. The molecule has 0 rings (SSSR count). The van der Waals surface area contributed by atoms with Gasteiger partial charge >= 0.3 is 0 Å². The highest BCUT2D eigenvalue weighted by Gasteiger charge is 2.28. The van der Waals surface area contributed by atoms with Crippen LogP contribution >= 0.6 is 81.2 Å². The van der Waals surface area contributed by atoms with Gasteiger partial charge in [-0.3, -0.25) is 0 Å². The molecule has 0 nitrogen and oxygen atoms in total. The van der Waals surface area contributed by atoms with E-state index < -0.39 is 8.63 Å². The molecule has 0 bridgehead atoms. The van der Waals surface area contributed by atoms with Crippen molar-refractivity contribution in [3.63, 3.8) is 0 Å². The van der Waals surface area contributed by atoms with Gasteiger partial charge in [0.15, 0.2) is 4.84 Å². The van der Waals surface area contributed by atoms with Crippen LogP contribution in [-0.4, -0.2) is 13.5 Å². The maximum Gasteiger partial charge on any atom is 0.220 e. The number of alkyl halides is 7. The van der Waals surface area contributed by atoms with Crippen molar-refractivity contribution in [1.82, 2.24) is 0 Å². The van der Waals surface area contributed by atoms with Gasteiger partial charge in [0.25, 0.3) is 0 Å². The largest absolute Gasteiger partial charge is 0.220 e. The molecule has 0 atom stereocenters. The summed E-state index contributed by atoms with van der Waals surface area (Å²) in [6.45, 7) is 1.94. The van der Waals surface area contributed by atoms with Gasteiger partial charge in [0.05, 0.1) is 0 Å². The number of halogens is 7. The zero-order chi connectivity index (χ0) is 10.4. The summed E-state index contributed by atoms with van der Waals surface area (Å²) in [7, 11) is 0. The summed E-state index contributed by atoms with van der Waals surface area (Å²) < 4.78 is -1.55. The summed E-state index contributed by atoms with van der Waals surface area (Å²) in [4.78, 5) is -1.13. The molecule has 0 fully saturated rings. The van der Waals surface area contributed by atoms with Gasteiger partial charge in [-0.05, 0) is 6.42 Å². The van der Waals surface area contributed by atoms with Crippen molar-refractivity contribution in [3.05, 3.63) is 0 Å². The Morgan fingerprint density at radius 3 is 1.17 bits per heavy atom. The molecule has 0 aliphatic carbocycles. The van der Waals surface area contributed by atoms with Gasteiger partial charge < -0.3 is 0 Å². The standard InChI is InChI=1S/C3H6Cl2.C2HCl5/c1-2-3(4)5;3-1(4)2(5,6)7/h3H,2H2,1H3;1H. The van der Waals surface area contributed by atoms with E-state index in [1.165, 1.54) is 0 Å². The van der Waals surface area contributed by atoms with E-state index in [9.17, 15) is 0 Å². The minimum Gasteiger partial charge on any atom is -0.105 e. The number of rotatable bonds is 1. The van der Waals surface area contributed by atoms with E-state index >= 15 is 0 Å². The van der Waals surface area contributed by atoms with Gasteiger partial charge in [-0.25, -0.2) is 0 Å². The molecule has 0 aromatic rings. The van der Waals surface area contributed by atoms with E-state index in [1.54, 1.807) is 0 Å². The van der Waals surface area contributed by atoms with Crippen LogP contribution in [0.1, 0.15) is 13.3 Å². The normalized spacial score (nSPS) is 11.5. The molecule has 0 aliphatic rings. The summed E-state index contributed by atoms with van der Waals surface area (Å²) in [5.41, 5.74) is 0. The summed E-state index contributed by atoms with van der Waals surface area (Å²) in [6.07, 6.45) is 0.836. The summed E-state index contributed by atoms with van der Waals surface area (Å²) in [6, 6.07) is 0. The van der Waals surface area contributed by atoms with Crippen LogP contribution in [0.3, 0.4) is 0 Å².